The number of ether oxygens (including phenoxy) is 2. The average Bonchev–Trinajstić information content (AvgIpc) is 2.88. The fourth-order valence-electron chi connectivity index (χ4n) is 3.61. The molecule has 0 spiro atoms. The molecule has 0 amide bonds. The van der Waals surface area contributed by atoms with E-state index in [0.29, 0.717) is 60.4 Å². The zero-order valence-electron chi connectivity index (χ0n) is 23.3. The first-order valence-electron chi connectivity index (χ1n) is 13.4. The van der Waals surface area contributed by atoms with Gasteiger partial charge in [-0.05, 0) is 74.9 Å². The molecule has 0 fully saturated rings. The van der Waals surface area contributed by atoms with Crippen LogP contribution in [0.3, 0.4) is 0 Å². The maximum absolute atomic E-state index is 12.2. The van der Waals surface area contributed by atoms with Gasteiger partial charge in [-0.25, -0.2) is 0 Å². The van der Waals surface area contributed by atoms with Gasteiger partial charge in [-0.2, -0.15) is 26.3 Å². The second-order valence-electron chi connectivity index (χ2n) is 9.38. The van der Waals surface area contributed by atoms with E-state index in [-0.39, 0.29) is 35.0 Å². The number of hydrogen-bond acceptors (Lipinski definition) is 6. The van der Waals surface area contributed by atoms with Crippen LogP contribution in [0.2, 0.25) is 10.0 Å². The van der Waals surface area contributed by atoms with Gasteiger partial charge in [0.1, 0.15) is 11.5 Å². The second-order valence-corrected chi connectivity index (χ2v) is 14.7. The molecule has 238 valence electrons. The van der Waals surface area contributed by atoms with Crippen molar-refractivity contribution >= 4 is 68.3 Å². The van der Waals surface area contributed by atoms with Crippen molar-refractivity contribution in [2.45, 2.75) is 86.0 Å². The van der Waals surface area contributed by atoms with Crippen molar-refractivity contribution in [3.8, 4) is 11.5 Å². The summed E-state index contributed by atoms with van der Waals surface area (Å²) in [6.45, 7) is 4.77. The van der Waals surface area contributed by atoms with Gasteiger partial charge in [0, 0.05) is 21.3 Å². The smallest absolute Gasteiger partial charge is 0.441 e. The van der Waals surface area contributed by atoms with Crippen LogP contribution in [0.15, 0.2) is 34.1 Å². The van der Waals surface area contributed by atoms with Crippen LogP contribution in [0.5, 0.6) is 11.5 Å². The topological polar surface area (TPSA) is 18.5 Å². The molecule has 0 unspecified atom stereocenters. The summed E-state index contributed by atoms with van der Waals surface area (Å²) in [5.41, 5.74) is -6.36. The van der Waals surface area contributed by atoms with E-state index < -0.39 is 11.0 Å². The molecule has 0 aliphatic heterocycles. The predicted molar refractivity (Wildman–Crippen MR) is 169 cm³/mol. The fourth-order valence-corrected chi connectivity index (χ4v) is 7.81. The van der Waals surface area contributed by atoms with Crippen LogP contribution in [0.25, 0.3) is 0 Å². The highest BCUT2D eigenvalue weighted by molar-refractivity contribution is 8.76. The molecule has 0 bridgehead atoms. The molecule has 0 aromatic heterocycles. The van der Waals surface area contributed by atoms with Crippen molar-refractivity contribution in [1.29, 1.82) is 0 Å². The van der Waals surface area contributed by atoms with Crippen LogP contribution in [0, 0.1) is 13.8 Å². The van der Waals surface area contributed by atoms with Gasteiger partial charge in [0.05, 0.1) is 23.3 Å². The van der Waals surface area contributed by atoms with Gasteiger partial charge in [0.15, 0.2) is 0 Å². The Hall–Kier alpha value is -0.400. The Kier molecular flexibility index (Phi) is 17.3. The summed E-state index contributed by atoms with van der Waals surface area (Å²) in [5.74, 6) is 1.27. The Balaban J connectivity index is 1.81. The summed E-state index contributed by atoms with van der Waals surface area (Å²) in [6.07, 6.45) is 5.45. The largest absolute Gasteiger partial charge is 0.492 e. The van der Waals surface area contributed by atoms with E-state index in [9.17, 15) is 26.3 Å². The van der Waals surface area contributed by atoms with E-state index in [1.54, 1.807) is 21.6 Å². The summed E-state index contributed by atoms with van der Waals surface area (Å²) in [4.78, 5) is 1.95. The number of thioether (sulfide) groups is 2. The minimum atomic E-state index is -4.17. The number of aryl methyl sites for hydroxylation is 2. The fraction of sp³-hybridized carbons (Fsp3) is 0.571. The van der Waals surface area contributed by atoms with Gasteiger partial charge in [-0.15, -0.1) is 0 Å². The third kappa shape index (κ3) is 16.1. The van der Waals surface area contributed by atoms with Crippen molar-refractivity contribution in [2.75, 3.05) is 24.7 Å². The van der Waals surface area contributed by atoms with Crippen molar-refractivity contribution in [1.82, 2.24) is 0 Å². The van der Waals surface area contributed by atoms with Gasteiger partial charge in [0.2, 0.25) is 0 Å². The zero-order valence-corrected chi connectivity index (χ0v) is 28.0. The lowest BCUT2D eigenvalue weighted by Gasteiger charge is -2.14. The summed E-state index contributed by atoms with van der Waals surface area (Å²) in [5, 5.41) is 1.00. The lowest BCUT2D eigenvalue weighted by atomic mass is 10.2. The molecule has 0 heterocycles. The number of alkyl halides is 6. The van der Waals surface area contributed by atoms with Gasteiger partial charge >= 0.3 is 11.0 Å². The quantitative estimate of drug-likeness (QED) is 0.0813. The molecule has 0 saturated heterocycles. The highest BCUT2D eigenvalue weighted by atomic mass is 35.5. The molecule has 42 heavy (non-hydrogen) atoms. The normalized spacial score (nSPS) is 12.1. The molecular weight excluding hydrogens is 681 g/mol. The number of hydrogen-bond donors (Lipinski definition) is 0. The van der Waals surface area contributed by atoms with Gasteiger partial charge < -0.3 is 9.47 Å². The van der Waals surface area contributed by atoms with Crippen LogP contribution in [0.4, 0.5) is 26.3 Å². The molecule has 0 atom stereocenters. The molecule has 2 aromatic rings. The number of benzene rings is 2. The highest BCUT2D eigenvalue weighted by Gasteiger charge is 2.27. The SMILES string of the molecule is Cc1cc(Cl)c(OCCCCCCSC(F)(F)F)cc1SSc1cc(OCCCCCCSC(F)(F)F)c(Cl)cc1C. The first kappa shape index (κ1) is 37.8. The lowest BCUT2D eigenvalue weighted by Crippen LogP contribution is -2.02. The van der Waals surface area contributed by atoms with E-state index >= 15 is 0 Å². The van der Waals surface area contributed by atoms with E-state index in [2.05, 4.69) is 0 Å². The van der Waals surface area contributed by atoms with Crippen molar-refractivity contribution in [3.63, 3.8) is 0 Å². The van der Waals surface area contributed by atoms with E-state index in [1.165, 1.54) is 0 Å². The molecule has 2 nitrogen and oxygen atoms in total. The van der Waals surface area contributed by atoms with Crippen LogP contribution in [0.1, 0.15) is 62.5 Å². The Morgan fingerprint density at radius 3 is 1.29 bits per heavy atom. The molecule has 0 aliphatic carbocycles. The Morgan fingerprint density at radius 2 is 0.929 bits per heavy atom. The highest BCUT2D eigenvalue weighted by Crippen LogP contribution is 2.45. The average molecular weight is 716 g/mol. The van der Waals surface area contributed by atoms with E-state index in [1.807, 2.05) is 38.1 Å². The van der Waals surface area contributed by atoms with Gasteiger partial charge in [-0.3, -0.25) is 0 Å². The molecule has 14 heteroatoms. The third-order valence-corrected chi connectivity index (χ3v) is 10.7. The number of halogens is 8. The number of rotatable bonds is 19. The molecule has 0 aliphatic rings. The minimum Gasteiger partial charge on any atom is -0.492 e. The lowest BCUT2D eigenvalue weighted by molar-refractivity contribution is -0.0336. The Morgan fingerprint density at radius 1 is 0.571 bits per heavy atom. The van der Waals surface area contributed by atoms with Crippen LogP contribution in [-0.2, 0) is 0 Å². The van der Waals surface area contributed by atoms with Crippen molar-refractivity contribution < 1.29 is 35.8 Å². The van der Waals surface area contributed by atoms with E-state index in [0.717, 1.165) is 46.6 Å². The molecule has 0 saturated carbocycles. The standard InChI is InChI=1S/C28H34Cl2F6O2S4/c1-19-15-21(29)23(37-11-7-3-5-9-13-39-27(31,32)33)17-25(19)41-42-26-18-24(22(30)16-20(26)2)38-12-8-4-6-10-14-40-28(34,35)36/h15-18H,3-14H2,1-2H3. The summed E-state index contributed by atoms with van der Waals surface area (Å²) >= 11 is 12.8. The van der Waals surface area contributed by atoms with Crippen molar-refractivity contribution in [2.24, 2.45) is 0 Å². The van der Waals surface area contributed by atoms with Gasteiger partial charge in [0.25, 0.3) is 0 Å². The van der Waals surface area contributed by atoms with E-state index in [4.69, 9.17) is 32.7 Å². The Labute approximate surface area is 270 Å². The maximum atomic E-state index is 12.2. The summed E-state index contributed by atoms with van der Waals surface area (Å²) < 4.78 is 84.9. The second kappa shape index (κ2) is 19.2. The third-order valence-electron chi connectivity index (χ3n) is 5.80. The summed E-state index contributed by atoms with van der Waals surface area (Å²) in [7, 11) is 3.10. The van der Waals surface area contributed by atoms with Gasteiger partial charge in [-0.1, -0.05) is 94.0 Å². The van der Waals surface area contributed by atoms with Crippen LogP contribution >= 0.6 is 68.3 Å². The Bertz CT molecular complexity index is 1020. The maximum Gasteiger partial charge on any atom is 0.441 e. The zero-order chi connectivity index (χ0) is 31.2. The van der Waals surface area contributed by atoms with Crippen LogP contribution in [-0.4, -0.2) is 35.7 Å². The molecule has 2 aromatic carbocycles. The minimum absolute atomic E-state index is 0.0180. The monoisotopic (exact) mass is 714 g/mol. The molecule has 2 rings (SSSR count). The van der Waals surface area contributed by atoms with Crippen molar-refractivity contribution in [3.05, 3.63) is 45.4 Å². The van der Waals surface area contributed by atoms with Crippen LogP contribution < -0.4 is 9.47 Å². The summed E-state index contributed by atoms with van der Waals surface area (Å²) in [6, 6.07) is 7.48. The first-order chi connectivity index (χ1) is 19.7. The molecule has 0 radical (unpaired) electrons. The molecule has 0 N–H and O–H groups in total. The predicted octanol–water partition coefficient (Wildman–Crippen LogP) is 12.8. The first-order valence-corrected chi connectivity index (χ1v) is 18.2. The number of unbranched alkanes of at least 4 members (excludes halogenated alkanes) is 6. The molecular formula is C28H34Cl2F6O2S4.